The lowest BCUT2D eigenvalue weighted by atomic mass is 9.95. The quantitative estimate of drug-likeness (QED) is 0.282. The third-order valence-corrected chi connectivity index (χ3v) is 7.35. The number of anilines is 1. The van der Waals surface area contributed by atoms with Crippen LogP contribution in [0.4, 0.5) is 5.95 Å². The number of carbonyl (C=O) groups excluding carboxylic acids is 1. The Morgan fingerprint density at radius 3 is 2.57 bits per heavy atom. The van der Waals surface area contributed by atoms with E-state index in [0.29, 0.717) is 18.1 Å². The minimum atomic E-state index is 0.496. The van der Waals surface area contributed by atoms with Gasteiger partial charge < -0.3 is 23.8 Å². The Morgan fingerprint density at radius 1 is 1.22 bits per heavy atom. The van der Waals surface area contributed by atoms with E-state index >= 15 is 0 Å². The molecule has 8 heteroatoms. The molecule has 0 amide bonds. The highest BCUT2D eigenvalue weighted by molar-refractivity contribution is 5.85. The van der Waals surface area contributed by atoms with Crippen LogP contribution in [0.5, 0.6) is 5.75 Å². The van der Waals surface area contributed by atoms with Gasteiger partial charge >= 0.3 is 0 Å². The summed E-state index contributed by atoms with van der Waals surface area (Å²) in [6.45, 7) is 9.31. The smallest absolute Gasteiger partial charge is 0.225 e. The van der Waals surface area contributed by atoms with Crippen molar-refractivity contribution in [1.29, 1.82) is 0 Å². The van der Waals surface area contributed by atoms with E-state index in [1.165, 1.54) is 10.9 Å². The van der Waals surface area contributed by atoms with Gasteiger partial charge in [0.1, 0.15) is 17.5 Å². The molecule has 3 aromatic rings. The second-order valence-electron chi connectivity index (χ2n) is 9.58. The zero-order valence-electron chi connectivity index (χ0n) is 22.4. The van der Waals surface area contributed by atoms with Gasteiger partial charge in [0.25, 0.3) is 0 Å². The summed E-state index contributed by atoms with van der Waals surface area (Å²) in [6, 6.07) is 6.20. The Kier molecular flexibility index (Phi) is 8.51. The molecule has 0 spiro atoms. The predicted octanol–water partition coefficient (Wildman–Crippen LogP) is 4.48. The highest BCUT2D eigenvalue weighted by Crippen LogP contribution is 2.27. The fourth-order valence-corrected chi connectivity index (χ4v) is 5.10. The Bertz CT molecular complexity index is 1270. The van der Waals surface area contributed by atoms with Gasteiger partial charge in [-0.1, -0.05) is 13.5 Å². The number of piperidine rings is 1. The maximum atomic E-state index is 11.8. The van der Waals surface area contributed by atoms with Crippen LogP contribution in [-0.2, 0) is 23.0 Å². The third-order valence-electron chi connectivity index (χ3n) is 7.35. The molecule has 0 unspecified atom stereocenters. The summed E-state index contributed by atoms with van der Waals surface area (Å²) < 4.78 is 12.7. The van der Waals surface area contributed by atoms with Gasteiger partial charge in [-0.05, 0) is 49.3 Å². The van der Waals surface area contributed by atoms with Gasteiger partial charge in [0.05, 0.1) is 31.0 Å². The van der Waals surface area contributed by atoms with Crippen molar-refractivity contribution >= 4 is 28.6 Å². The molecular formula is C29H37N5O3. The van der Waals surface area contributed by atoms with Crippen LogP contribution in [0.15, 0.2) is 49.1 Å². The first-order valence-electron chi connectivity index (χ1n) is 12.9. The van der Waals surface area contributed by atoms with Crippen molar-refractivity contribution in [2.24, 2.45) is 13.0 Å². The standard InChI is InChI=1S/C29H37N5O3/c1-6-25(20-35)34(14-11-23-19-32(3)28-15-26(37-5)7-8-27(23)28)18-22-9-12-33(13-10-22)29-30-16-24(17-31-29)21(2)36-4/h7-8,15-17,19,22H,2,6,9-14,18H2,1,3-5H3. The van der Waals surface area contributed by atoms with Crippen LogP contribution >= 0.6 is 0 Å². The highest BCUT2D eigenvalue weighted by atomic mass is 16.5. The molecule has 1 fully saturated rings. The van der Waals surface area contributed by atoms with Crippen LogP contribution in [0.1, 0.15) is 37.3 Å². The van der Waals surface area contributed by atoms with Gasteiger partial charge in [-0.2, -0.15) is 0 Å². The van der Waals surface area contributed by atoms with Crippen molar-refractivity contribution < 1.29 is 14.3 Å². The number of fused-ring (bicyclic) bond motifs is 1. The minimum absolute atomic E-state index is 0.496. The van der Waals surface area contributed by atoms with Crippen LogP contribution in [0.2, 0.25) is 0 Å². The van der Waals surface area contributed by atoms with Gasteiger partial charge in [0.15, 0.2) is 0 Å². The summed E-state index contributed by atoms with van der Waals surface area (Å²) in [5.41, 5.74) is 3.96. The molecule has 196 valence electrons. The summed E-state index contributed by atoms with van der Waals surface area (Å²) in [4.78, 5) is 25.3. The first kappa shape index (κ1) is 26.3. The first-order chi connectivity index (χ1) is 18.0. The van der Waals surface area contributed by atoms with Gasteiger partial charge in [-0.15, -0.1) is 0 Å². The van der Waals surface area contributed by atoms with Gasteiger partial charge in [-0.3, -0.25) is 0 Å². The average Bonchev–Trinajstić information content (AvgIpc) is 3.26. The Morgan fingerprint density at radius 2 is 1.95 bits per heavy atom. The van der Waals surface area contributed by atoms with E-state index in [1.807, 2.05) is 13.0 Å². The summed E-state index contributed by atoms with van der Waals surface area (Å²) in [6.07, 6.45) is 9.29. The maximum absolute atomic E-state index is 11.8. The molecule has 0 radical (unpaired) electrons. The highest BCUT2D eigenvalue weighted by Gasteiger charge is 2.24. The van der Waals surface area contributed by atoms with Gasteiger partial charge in [-0.25, -0.2) is 14.8 Å². The van der Waals surface area contributed by atoms with Crippen molar-refractivity contribution in [3.05, 3.63) is 60.2 Å². The van der Waals surface area contributed by atoms with Gasteiger partial charge in [0.2, 0.25) is 5.95 Å². The topological polar surface area (TPSA) is 72.7 Å². The lowest BCUT2D eigenvalue weighted by Gasteiger charge is -2.35. The van der Waals surface area contributed by atoms with Crippen LogP contribution in [0, 0.1) is 5.92 Å². The molecule has 3 heterocycles. The monoisotopic (exact) mass is 503 g/mol. The molecule has 4 rings (SSSR count). The van der Waals surface area contributed by atoms with E-state index in [9.17, 15) is 4.79 Å². The number of ether oxygens (including phenoxy) is 2. The second-order valence-corrected chi connectivity index (χ2v) is 9.58. The van der Waals surface area contributed by atoms with Gasteiger partial charge in [0, 0.05) is 63.3 Å². The Balaban J connectivity index is 1.39. The average molecular weight is 504 g/mol. The Labute approximate surface area is 219 Å². The van der Waals surface area contributed by atoms with E-state index in [2.05, 4.69) is 62.2 Å². The van der Waals surface area contributed by atoms with Crippen molar-refractivity contribution in [2.75, 3.05) is 45.3 Å². The summed E-state index contributed by atoms with van der Waals surface area (Å²) in [5.74, 6) is 4.85. The fraction of sp³-hybridized carbons (Fsp3) is 0.448. The molecule has 37 heavy (non-hydrogen) atoms. The summed E-state index contributed by atoms with van der Waals surface area (Å²) in [5, 5.41) is 1.23. The van der Waals surface area contributed by atoms with Crippen LogP contribution in [-0.4, -0.2) is 65.8 Å². The number of nitrogens with zero attached hydrogens (tertiary/aromatic N) is 5. The number of methoxy groups -OCH3 is 2. The molecular weight excluding hydrogens is 466 g/mol. The second kappa shape index (κ2) is 12.0. The molecule has 0 bridgehead atoms. The molecule has 1 saturated heterocycles. The number of aromatic nitrogens is 3. The molecule has 0 aliphatic carbocycles. The summed E-state index contributed by atoms with van der Waals surface area (Å²) in [7, 11) is 5.34. The zero-order valence-corrected chi connectivity index (χ0v) is 22.4. The maximum Gasteiger partial charge on any atom is 0.225 e. The molecule has 1 aliphatic heterocycles. The molecule has 2 aromatic heterocycles. The largest absolute Gasteiger partial charge is 0.497 e. The molecule has 0 atom stereocenters. The molecule has 8 nitrogen and oxygen atoms in total. The molecule has 1 aliphatic rings. The number of hydrogen-bond acceptors (Lipinski definition) is 7. The number of aryl methyl sites for hydroxylation is 1. The zero-order chi connectivity index (χ0) is 26.4. The third kappa shape index (κ3) is 5.97. The number of hydrogen-bond donors (Lipinski definition) is 0. The van der Waals surface area contributed by atoms with E-state index in [4.69, 9.17) is 9.47 Å². The summed E-state index contributed by atoms with van der Waals surface area (Å²) >= 11 is 0. The van der Waals surface area contributed by atoms with E-state index in [1.54, 1.807) is 26.6 Å². The molecule has 1 aromatic carbocycles. The van der Waals surface area contributed by atoms with Crippen LogP contribution < -0.4 is 9.64 Å². The number of rotatable bonds is 11. The molecule has 0 saturated carbocycles. The minimum Gasteiger partial charge on any atom is -0.497 e. The number of benzene rings is 1. The Hall–Kier alpha value is -3.77. The van der Waals surface area contributed by atoms with Crippen LogP contribution in [0.25, 0.3) is 16.7 Å². The van der Waals surface area contributed by atoms with Crippen molar-refractivity contribution in [1.82, 2.24) is 19.4 Å². The predicted molar refractivity (Wildman–Crippen MR) is 147 cm³/mol. The van der Waals surface area contributed by atoms with E-state index < -0.39 is 0 Å². The number of allylic oxidation sites excluding steroid dienone is 1. The fourth-order valence-electron chi connectivity index (χ4n) is 5.10. The lowest BCUT2D eigenvalue weighted by molar-refractivity contribution is 0.254. The van der Waals surface area contributed by atoms with Crippen molar-refractivity contribution in [3.63, 3.8) is 0 Å². The first-order valence-corrected chi connectivity index (χ1v) is 12.9. The molecule has 0 N–H and O–H groups in total. The van der Waals surface area contributed by atoms with Crippen molar-refractivity contribution in [2.45, 2.75) is 32.6 Å². The normalized spacial score (nSPS) is 13.9. The van der Waals surface area contributed by atoms with E-state index in [-0.39, 0.29) is 0 Å². The van der Waals surface area contributed by atoms with Crippen molar-refractivity contribution in [3.8, 4) is 5.75 Å². The lowest BCUT2D eigenvalue weighted by Crippen LogP contribution is -2.40. The SMILES string of the molecule is C=C(OC)c1cnc(N2CCC(CN(CCc3cn(C)c4cc(OC)ccc34)C(=C=O)CC)CC2)nc1. The van der Waals surface area contributed by atoms with Crippen LogP contribution in [0.3, 0.4) is 0 Å². The van der Waals surface area contributed by atoms with E-state index in [0.717, 1.165) is 73.9 Å².